The van der Waals surface area contributed by atoms with Crippen molar-refractivity contribution >= 4 is 15.9 Å². The maximum Gasteiger partial charge on any atom is 0.161 e. The predicted molar refractivity (Wildman–Crippen MR) is 114 cm³/mol. The molecule has 0 N–H and O–H groups in total. The minimum Gasteiger partial charge on any atom is -0.493 e. The average Bonchev–Trinajstić information content (AvgIpc) is 3.13. The minimum atomic E-state index is 0.593. The van der Waals surface area contributed by atoms with Crippen LogP contribution in [0.2, 0.25) is 0 Å². The van der Waals surface area contributed by atoms with Crippen LogP contribution in [0.1, 0.15) is 23.2 Å². The first-order chi connectivity index (χ1) is 13.7. The number of ether oxygens (including phenoxy) is 2. The molecule has 0 aliphatic heterocycles. The van der Waals surface area contributed by atoms with Crippen LogP contribution in [0, 0.1) is 0 Å². The van der Waals surface area contributed by atoms with E-state index >= 15 is 0 Å². The molecule has 0 aliphatic rings. The van der Waals surface area contributed by atoms with Crippen LogP contribution in [-0.4, -0.2) is 28.7 Å². The quantitative estimate of drug-likeness (QED) is 0.333. The highest BCUT2D eigenvalue weighted by molar-refractivity contribution is 9.10. The molecule has 1 heterocycles. The van der Waals surface area contributed by atoms with Crippen molar-refractivity contribution < 1.29 is 9.47 Å². The maximum absolute atomic E-state index is 5.89. The van der Waals surface area contributed by atoms with Crippen molar-refractivity contribution in [3.05, 3.63) is 82.6 Å². The van der Waals surface area contributed by atoms with Crippen LogP contribution in [0.5, 0.6) is 11.5 Å². The normalized spacial score (nSPS) is 10.6. The number of methoxy groups -OCH3 is 1. The van der Waals surface area contributed by atoms with Gasteiger partial charge in [-0.1, -0.05) is 45.4 Å². The number of rotatable bonds is 10. The van der Waals surface area contributed by atoms with Crippen molar-refractivity contribution in [1.29, 1.82) is 0 Å². The molecule has 0 amide bonds. The van der Waals surface area contributed by atoms with Gasteiger partial charge < -0.3 is 9.47 Å². The molecule has 3 aromatic rings. The van der Waals surface area contributed by atoms with E-state index in [1.807, 2.05) is 47.3 Å². The Balaban J connectivity index is 1.48. The van der Waals surface area contributed by atoms with Crippen molar-refractivity contribution in [2.45, 2.75) is 25.8 Å². The van der Waals surface area contributed by atoms with Crippen molar-refractivity contribution in [2.75, 3.05) is 13.7 Å². The van der Waals surface area contributed by atoms with Crippen LogP contribution in [0.3, 0.4) is 0 Å². The Kier molecular flexibility index (Phi) is 7.25. The molecule has 0 saturated carbocycles. The molecular weight excluding hydrogens is 418 g/mol. The third-order valence-electron chi connectivity index (χ3n) is 4.26. The van der Waals surface area contributed by atoms with E-state index in [1.165, 1.54) is 5.56 Å². The third kappa shape index (κ3) is 5.70. The first kappa shape index (κ1) is 20.1. The number of allylic oxidation sites excluding steroid dienone is 1. The summed E-state index contributed by atoms with van der Waals surface area (Å²) < 4.78 is 14.2. The van der Waals surface area contributed by atoms with Gasteiger partial charge in [0.25, 0.3) is 0 Å². The molecule has 0 unspecified atom stereocenters. The standard InChI is InChI=1S/C22H24BrN3O2/c1-3-6-17-10-11-21(22(14-17)27-2)28-12-5-9-20-16-26(25-24-20)15-18-7-4-8-19(23)13-18/h3-4,7-8,10-11,13-14,16H,1,5-6,9,12,15H2,2H3. The third-order valence-corrected chi connectivity index (χ3v) is 4.76. The van der Waals surface area contributed by atoms with E-state index in [9.17, 15) is 0 Å². The van der Waals surface area contributed by atoms with Gasteiger partial charge in [0.2, 0.25) is 0 Å². The first-order valence-electron chi connectivity index (χ1n) is 9.22. The Bertz CT molecular complexity index is 924. The Hall–Kier alpha value is -2.60. The lowest BCUT2D eigenvalue weighted by atomic mass is 10.1. The highest BCUT2D eigenvalue weighted by Gasteiger charge is 2.07. The van der Waals surface area contributed by atoms with Gasteiger partial charge >= 0.3 is 0 Å². The second-order valence-electron chi connectivity index (χ2n) is 6.47. The highest BCUT2D eigenvalue weighted by atomic mass is 79.9. The monoisotopic (exact) mass is 441 g/mol. The summed E-state index contributed by atoms with van der Waals surface area (Å²) in [6.07, 6.45) is 6.35. The van der Waals surface area contributed by atoms with Gasteiger partial charge in [0.15, 0.2) is 11.5 Å². The number of hydrogen-bond donors (Lipinski definition) is 0. The van der Waals surface area contributed by atoms with E-state index in [4.69, 9.17) is 9.47 Å². The lowest BCUT2D eigenvalue weighted by Crippen LogP contribution is -2.02. The lowest BCUT2D eigenvalue weighted by molar-refractivity contribution is 0.289. The van der Waals surface area contributed by atoms with Crippen LogP contribution in [0.4, 0.5) is 0 Å². The largest absolute Gasteiger partial charge is 0.493 e. The fourth-order valence-electron chi connectivity index (χ4n) is 2.91. The molecule has 5 nitrogen and oxygen atoms in total. The first-order valence-corrected chi connectivity index (χ1v) is 10.0. The summed E-state index contributed by atoms with van der Waals surface area (Å²) >= 11 is 3.49. The summed E-state index contributed by atoms with van der Waals surface area (Å²) in [5.41, 5.74) is 3.30. The van der Waals surface area contributed by atoms with Gasteiger partial charge in [-0.2, -0.15) is 0 Å². The van der Waals surface area contributed by atoms with E-state index < -0.39 is 0 Å². The summed E-state index contributed by atoms with van der Waals surface area (Å²) in [7, 11) is 1.66. The zero-order chi connectivity index (χ0) is 19.8. The smallest absolute Gasteiger partial charge is 0.161 e. The topological polar surface area (TPSA) is 49.2 Å². The molecule has 0 atom stereocenters. The molecule has 0 saturated heterocycles. The number of aromatic nitrogens is 3. The van der Waals surface area contributed by atoms with E-state index in [2.05, 4.69) is 45.0 Å². The lowest BCUT2D eigenvalue weighted by Gasteiger charge is -2.11. The van der Waals surface area contributed by atoms with E-state index in [1.54, 1.807) is 7.11 Å². The summed E-state index contributed by atoms with van der Waals surface area (Å²) in [6.45, 7) is 5.06. The molecule has 1 aromatic heterocycles. The Morgan fingerprint density at radius 2 is 2.04 bits per heavy atom. The van der Waals surface area contributed by atoms with E-state index in [-0.39, 0.29) is 0 Å². The zero-order valence-corrected chi connectivity index (χ0v) is 17.6. The SMILES string of the molecule is C=CCc1ccc(OCCCc2cn(Cc3cccc(Br)c3)nn2)c(OC)c1. The molecule has 28 heavy (non-hydrogen) atoms. The van der Waals surface area contributed by atoms with Gasteiger partial charge in [-0.3, -0.25) is 0 Å². The van der Waals surface area contributed by atoms with Crippen LogP contribution >= 0.6 is 15.9 Å². The van der Waals surface area contributed by atoms with Gasteiger partial charge in [0.1, 0.15) is 0 Å². The molecular formula is C22H24BrN3O2. The van der Waals surface area contributed by atoms with Gasteiger partial charge in [0, 0.05) is 10.7 Å². The molecule has 0 bridgehead atoms. The van der Waals surface area contributed by atoms with Gasteiger partial charge in [-0.05, 0) is 54.7 Å². The Morgan fingerprint density at radius 1 is 1.14 bits per heavy atom. The summed E-state index contributed by atoms with van der Waals surface area (Å²) in [6, 6.07) is 14.2. The van der Waals surface area contributed by atoms with Gasteiger partial charge in [0.05, 0.1) is 26.0 Å². The molecule has 0 aliphatic carbocycles. The zero-order valence-electron chi connectivity index (χ0n) is 16.0. The number of aryl methyl sites for hydroxylation is 1. The molecule has 0 radical (unpaired) electrons. The Morgan fingerprint density at radius 3 is 2.82 bits per heavy atom. The molecule has 2 aromatic carbocycles. The van der Waals surface area contributed by atoms with Crippen molar-refractivity contribution in [1.82, 2.24) is 15.0 Å². The van der Waals surface area contributed by atoms with Crippen LogP contribution in [0.15, 0.2) is 65.8 Å². The van der Waals surface area contributed by atoms with Crippen molar-refractivity contribution in [2.24, 2.45) is 0 Å². The number of halogens is 1. The molecule has 3 rings (SSSR count). The molecule has 146 valence electrons. The van der Waals surface area contributed by atoms with Crippen LogP contribution in [0.25, 0.3) is 0 Å². The fraction of sp³-hybridized carbons (Fsp3) is 0.273. The summed E-state index contributed by atoms with van der Waals surface area (Å²) in [5.74, 6) is 1.51. The summed E-state index contributed by atoms with van der Waals surface area (Å²) in [5, 5.41) is 8.47. The fourth-order valence-corrected chi connectivity index (χ4v) is 3.36. The average molecular weight is 442 g/mol. The van der Waals surface area contributed by atoms with Gasteiger partial charge in [-0.25, -0.2) is 4.68 Å². The maximum atomic E-state index is 5.89. The van der Waals surface area contributed by atoms with Crippen molar-refractivity contribution in [3.8, 4) is 11.5 Å². The number of hydrogen-bond acceptors (Lipinski definition) is 4. The molecule has 0 spiro atoms. The van der Waals surface area contributed by atoms with Crippen LogP contribution in [-0.2, 0) is 19.4 Å². The number of nitrogens with zero attached hydrogens (tertiary/aromatic N) is 3. The second-order valence-corrected chi connectivity index (χ2v) is 7.38. The van der Waals surface area contributed by atoms with E-state index in [0.29, 0.717) is 13.2 Å². The predicted octanol–water partition coefficient (Wildman–Crippen LogP) is 4.84. The second kappa shape index (κ2) is 10.1. The molecule has 0 fully saturated rings. The van der Waals surface area contributed by atoms with Crippen molar-refractivity contribution in [3.63, 3.8) is 0 Å². The van der Waals surface area contributed by atoms with Crippen LogP contribution < -0.4 is 9.47 Å². The van der Waals surface area contributed by atoms with Gasteiger partial charge in [-0.15, -0.1) is 11.7 Å². The minimum absolute atomic E-state index is 0.593. The number of benzene rings is 2. The van der Waals surface area contributed by atoms with E-state index in [0.717, 1.165) is 46.5 Å². The Labute approximate surface area is 174 Å². The molecule has 6 heteroatoms. The highest BCUT2D eigenvalue weighted by Crippen LogP contribution is 2.28. The summed E-state index contributed by atoms with van der Waals surface area (Å²) in [4.78, 5) is 0.